The standard InChI is InChI=1S/C12H10BrFOS/c13-6-10-3-11(14)5-12(4-10)15-7-9-1-2-16-8-9/h1-5,8H,6-7H2. The van der Waals surface area contributed by atoms with Crippen LogP contribution in [0.15, 0.2) is 35.0 Å². The first-order chi connectivity index (χ1) is 7.78. The van der Waals surface area contributed by atoms with Crippen LogP contribution in [0.1, 0.15) is 11.1 Å². The zero-order chi connectivity index (χ0) is 11.4. The third kappa shape index (κ3) is 3.06. The Morgan fingerprint density at radius 1 is 1.25 bits per heavy atom. The summed E-state index contributed by atoms with van der Waals surface area (Å²) < 4.78 is 18.7. The van der Waals surface area contributed by atoms with E-state index in [-0.39, 0.29) is 5.82 Å². The molecule has 0 aliphatic carbocycles. The van der Waals surface area contributed by atoms with Gasteiger partial charge < -0.3 is 4.74 Å². The van der Waals surface area contributed by atoms with E-state index in [4.69, 9.17) is 4.74 Å². The highest BCUT2D eigenvalue weighted by Gasteiger charge is 2.01. The molecule has 0 saturated heterocycles. The third-order valence-corrected chi connectivity index (χ3v) is 3.45. The number of ether oxygens (including phenoxy) is 1. The van der Waals surface area contributed by atoms with Crippen LogP contribution >= 0.6 is 27.3 Å². The maximum absolute atomic E-state index is 13.2. The SMILES string of the molecule is Fc1cc(CBr)cc(OCc2ccsc2)c1. The Hall–Kier alpha value is -0.870. The first kappa shape index (κ1) is 11.6. The Bertz CT molecular complexity index is 456. The Morgan fingerprint density at radius 2 is 2.12 bits per heavy atom. The van der Waals surface area contributed by atoms with E-state index in [1.54, 1.807) is 11.3 Å². The summed E-state index contributed by atoms with van der Waals surface area (Å²) in [5.41, 5.74) is 1.98. The van der Waals surface area contributed by atoms with Crippen LogP contribution in [0.2, 0.25) is 0 Å². The van der Waals surface area contributed by atoms with Crippen molar-refractivity contribution < 1.29 is 9.13 Å². The molecule has 4 heteroatoms. The van der Waals surface area contributed by atoms with Gasteiger partial charge in [0.05, 0.1) is 0 Å². The molecule has 0 atom stereocenters. The number of alkyl halides is 1. The normalized spacial score (nSPS) is 10.4. The molecule has 0 fully saturated rings. The quantitative estimate of drug-likeness (QED) is 0.762. The van der Waals surface area contributed by atoms with E-state index in [0.29, 0.717) is 17.7 Å². The molecule has 0 amide bonds. The van der Waals surface area contributed by atoms with Crippen LogP contribution < -0.4 is 4.74 Å². The molecule has 2 rings (SSSR count). The number of benzene rings is 1. The molecule has 0 radical (unpaired) electrons. The summed E-state index contributed by atoms with van der Waals surface area (Å²) in [7, 11) is 0. The molecule has 0 spiro atoms. The highest BCUT2D eigenvalue weighted by Crippen LogP contribution is 2.19. The van der Waals surface area contributed by atoms with E-state index in [1.165, 1.54) is 12.1 Å². The van der Waals surface area contributed by atoms with E-state index in [0.717, 1.165) is 11.1 Å². The maximum Gasteiger partial charge on any atom is 0.127 e. The van der Waals surface area contributed by atoms with Gasteiger partial charge in [-0.25, -0.2) is 4.39 Å². The Labute approximate surface area is 106 Å². The second-order valence-corrected chi connectivity index (χ2v) is 4.69. The van der Waals surface area contributed by atoms with Crippen molar-refractivity contribution in [3.63, 3.8) is 0 Å². The van der Waals surface area contributed by atoms with Crippen molar-refractivity contribution in [2.24, 2.45) is 0 Å². The molecule has 0 N–H and O–H groups in total. The number of hydrogen-bond donors (Lipinski definition) is 0. The first-order valence-electron chi connectivity index (χ1n) is 4.77. The molecule has 0 bridgehead atoms. The molecule has 1 nitrogen and oxygen atoms in total. The van der Waals surface area contributed by atoms with Crippen molar-refractivity contribution in [1.29, 1.82) is 0 Å². The van der Waals surface area contributed by atoms with Crippen molar-refractivity contribution in [3.05, 3.63) is 52.0 Å². The highest BCUT2D eigenvalue weighted by molar-refractivity contribution is 9.08. The van der Waals surface area contributed by atoms with Gasteiger partial charge in [0, 0.05) is 11.4 Å². The average molecular weight is 301 g/mol. The average Bonchev–Trinajstić information content (AvgIpc) is 2.78. The van der Waals surface area contributed by atoms with Crippen LogP contribution in [0.5, 0.6) is 5.75 Å². The lowest BCUT2D eigenvalue weighted by Gasteiger charge is -2.06. The summed E-state index contributed by atoms with van der Waals surface area (Å²) in [6.45, 7) is 0.481. The summed E-state index contributed by atoms with van der Waals surface area (Å²) in [5.74, 6) is 0.304. The topological polar surface area (TPSA) is 9.23 Å². The summed E-state index contributed by atoms with van der Waals surface area (Å²) in [4.78, 5) is 0. The van der Waals surface area contributed by atoms with Gasteiger partial charge in [-0.2, -0.15) is 11.3 Å². The Kier molecular flexibility index (Phi) is 3.96. The number of halogens is 2. The molecule has 0 unspecified atom stereocenters. The van der Waals surface area contributed by atoms with E-state index >= 15 is 0 Å². The van der Waals surface area contributed by atoms with E-state index in [1.807, 2.05) is 22.9 Å². The smallest absolute Gasteiger partial charge is 0.127 e. The molecule has 1 heterocycles. The predicted octanol–water partition coefficient (Wildman–Crippen LogP) is 4.36. The minimum absolute atomic E-state index is 0.266. The van der Waals surface area contributed by atoms with Crippen LogP contribution in [0, 0.1) is 5.82 Å². The fourth-order valence-electron chi connectivity index (χ4n) is 1.32. The monoisotopic (exact) mass is 300 g/mol. The fourth-order valence-corrected chi connectivity index (χ4v) is 2.30. The summed E-state index contributed by atoms with van der Waals surface area (Å²) in [6, 6.07) is 6.73. The van der Waals surface area contributed by atoms with Gasteiger partial charge in [0.1, 0.15) is 18.2 Å². The van der Waals surface area contributed by atoms with E-state index in [9.17, 15) is 4.39 Å². The minimum Gasteiger partial charge on any atom is -0.489 e. The van der Waals surface area contributed by atoms with Gasteiger partial charge in [-0.3, -0.25) is 0 Å². The molecule has 84 valence electrons. The van der Waals surface area contributed by atoms with Crippen molar-refractivity contribution in [3.8, 4) is 5.75 Å². The van der Waals surface area contributed by atoms with Gasteiger partial charge in [-0.1, -0.05) is 15.9 Å². The van der Waals surface area contributed by atoms with Crippen molar-refractivity contribution in [2.75, 3.05) is 0 Å². The summed E-state index contributed by atoms with van der Waals surface area (Å²) in [5, 5.41) is 4.64. The lowest BCUT2D eigenvalue weighted by Crippen LogP contribution is -1.95. The minimum atomic E-state index is -0.266. The summed E-state index contributed by atoms with van der Waals surface area (Å²) in [6.07, 6.45) is 0. The largest absolute Gasteiger partial charge is 0.489 e. The molecule has 0 aliphatic rings. The van der Waals surface area contributed by atoms with Gasteiger partial charge in [-0.05, 0) is 40.1 Å². The number of rotatable bonds is 4. The molecule has 0 saturated carbocycles. The lowest BCUT2D eigenvalue weighted by molar-refractivity contribution is 0.305. The molecular weight excluding hydrogens is 291 g/mol. The zero-order valence-electron chi connectivity index (χ0n) is 8.45. The summed E-state index contributed by atoms with van der Waals surface area (Å²) >= 11 is 4.92. The van der Waals surface area contributed by atoms with E-state index < -0.39 is 0 Å². The van der Waals surface area contributed by atoms with Crippen LogP contribution in [0.25, 0.3) is 0 Å². The van der Waals surface area contributed by atoms with E-state index in [2.05, 4.69) is 15.9 Å². The fraction of sp³-hybridized carbons (Fsp3) is 0.167. The van der Waals surface area contributed by atoms with Crippen molar-refractivity contribution in [2.45, 2.75) is 11.9 Å². The second-order valence-electron chi connectivity index (χ2n) is 3.35. The Morgan fingerprint density at radius 3 is 2.81 bits per heavy atom. The van der Waals surface area contributed by atoms with Gasteiger partial charge in [-0.15, -0.1) is 0 Å². The van der Waals surface area contributed by atoms with Gasteiger partial charge >= 0.3 is 0 Å². The van der Waals surface area contributed by atoms with Crippen LogP contribution in [-0.4, -0.2) is 0 Å². The highest BCUT2D eigenvalue weighted by atomic mass is 79.9. The van der Waals surface area contributed by atoms with Crippen LogP contribution in [-0.2, 0) is 11.9 Å². The number of thiophene rings is 1. The van der Waals surface area contributed by atoms with Crippen molar-refractivity contribution in [1.82, 2.24) is 0 Å². The molecular formula is C12H10BrFOS. The molecule has 1 aromatic carbocycles. The van der Waals surface area contributed by atoms with Gasteiger partial charge in [0.15, 0.2) is 0 Å². The van der Waals surface area contributed by atoms with Gasteiger partial charge in [0.2, 0.25) is 0 Å². The lowest BCUT2D eigenvalue weighted by atomic mass is 10.2. The van der Waals surface area contributed by atoms with Crippen LogP contribution in [0.4, 0.5) is 4.39 Å². The molecule has 0 aliphatic heterocycles. The number of hydrogen-bond acceptors (Lipinski definition) is 2. The predicted molar refractivity (Wildman–Crippen MR) is 67.7 cm³/mol. The molecule has 2 aromatic rings. The third-order valence-electron chi connectivity index (χ3n) is 2.07. The van der Waals surface area contributed by atoms with Crippen molar-refractivity contribution >= 4 is 27.3 Å². The first-order valence-corrected chi connectivity index (χ1v) is 6.83. The van der Waals surface area contributed by atoms with Gasteiger partial charge in [0.25, 0.3) is 0 Å². The molecule has 16 heavy (non-hydrogen) atoms. The second kappa shape index (κ2) is 5.46. The zero-order valence-corrected chi connectivity index (χ0v) is 10.9. The molecule has 1 aromatic heterocycles. The van der Waals surface area contributed by atoms with Crippen LogP contribution in [0.3, 0.4) is 0 Å². The Balaban J connectivity index is 2.06. The maximum atomic E-state index is 13.2.